The van der Waals surface area contributed by atoms with Crippen molar-refractivity contribution in [3.05, 3.63) is 30.3 Å². The molecule has 0 aliphatic heterocycles. The van der Waals surface area contributed by atoms with Crippen LogP contribution in [0.4, 0.5) is 10.5 Å². The van der Waals surface area contributed by atoms with Crippen molar-refractivity contribution in [1.82, 2.24) is 4.90 Å². The first-order valence-corrected chi connectivity index (χ1v) is 6.36. The van der Waals surface area contributed by atoms with Crippen molar-refractivity contribution in [1.29, 1.82) is 0 Å². The second-order valence-corrected chi connectivity index (χ2v) is 4.22. The number of anilines is 1. The maximum absolute atomic E-state index is 12.5. The summed E-state index contributed by atoms with van der Waals surface area (Å²) in [5, 5.41) is 8.98. The summed E-state index contributed by atoms with van der Waals surface area (Å²) in [6, 6.07) is 8.31. The van der Waals surface area contributed by atoms with Crippen molar-refractivity contribution in [2.24, 2.45) is 0 Å². The number of para-hydroxylation sites is 1. The van der Waals surface area contributed by atoms with Crippen molar-refractivity contribution in [2.75, 3.05) is 24.5 Å². The van der Waals surface area contributed by atoms with E-state index < -0.39 is 18.5 Å². The van der Waals surface area contributed by atoms with Crippen LogP contribution in [0.15, 0.2) is 30.3 Å². The molecule has 5 heteroatoms. The van der Waals surface area contributed by atoms with Crippen LogP contribution >= 0.6 is 0 Å². The molecule has 106 valence electrons. The highest BCUT2D eigenvalue weighted by Crippen LogP contribution is 2.15. The van der Waals surface area contributed by atoms with Crippen LogP contribution in [0.1, 0.15) is 13.3 Å². The number of hydrogen-bond donors (Lipinski definition) is 1. The van der Waals surface area contributed by atoms with Crippen molar-refractivity contribution < 1.29 is 14.7 Å². The van der Waals surface area contributed by atoms with Gasteiger partial charge in [-0.15, -0.1) is 6.42 Å². The molecule has 0 saturated carbocycles. The average Bonchev–Trinajstić information content (AvgIpc) is 2.44. The topological polar surface area (TPSA) is 60.9 Å². The van der Waals surface area contributed by atoms with E-state index in [1.807, 2.05) is 6.92 Å². The van der Waals surface area contributed by atoms with E-state index in [2.05, 4.69) is 5.92 Å². The Balaban J connectivity index is 3.00. The van der Waals surface area contributed by atoms with Crippen LogP contribution in [0.3, 0.4) is 0 Å². The minimum absolute atomic E-state index is 0.162. The number of rotatable bonds is 6. The van der Waals surface area contributed by atoms with Gasteiger partial charge in [-0.3, -0.25) is 9.69 Å². The molecule has 0 heterocycles. The number of carbonyl (C=O) groups excluding carboxylic acids is 1. The molecule has 0 atom stereocenters. The number of carboxylic acid groups (broad SMARTS) is 1. The second-order valence-electron chi connectivity index (χ2n) is 4.22. The van der Waals surface area contributed by atoms with Crippen LogP contribution in [0, 0.1) is 12.3 Å². The first-order chi connectivity index (χ1) is 9.60. The Morgan fingerprint density at radius 2 is 1.95 bits per heavy atom. The molecule has 5 nitrogen and oxygen atoms in total. The van der Waals surface area contributed by atoms with Gasteiger partial charge < -0.3 is 10.0 Å². The maximum Gasteiger partial charge on any atom is 0.325 e. The van der Waals surface area contributed by atoms with E-state index >= 15 is 0 Å². The molecule has 0 fully saturated rings. The number of urea groups is 1. The van der Waals surface area contributed by atoms with Gasteiger partial charge in [0.1, 0.15) is 6.54 Å². The van der Waals surface area contributed by atoms with Gasteiger partial charge in [-0.1, -0.05) is 31.0 Å². The van der Waals surface area contributed by atoms with Gasteiger partial charge in [-0.2, -0.15) is 0 Å². The van der Waals surface area contributed by atoms with Gasteiger partial charge in [0.15, 0.2) is 0 Å². The fraction of sp³-hybridized carbons (Fsp3) is 0.333. The molecule has 0 unspecified atom stereocenters. The molecule has 1 N–H and O–H groups in total. The molecule has 0 aliphatic carbocycles. The van der Waals surface area contributed by atoms with Crippen molar-refractivity contribution in [2.45, 2.75) is 13.3 Å². The Labute approximate surface area is 118 Å². The molecule has 1 aromatic carbocycles. The third-order valence-electron chi connectivity index (χ3n) is 2.64. The Morgan fingerprint density at radius 1 is 1.30 bits per heavy atom. The van der Waals surface area contributed by atoms with E-state index in [1.165, 1.54) is 9.80 Å². The molecular formula is C15H18N2O3. The van der Waals surface area contributed by atoms with Gasteiger partial charge >= 0.3 is 12.0 Å². The highest BCUT2D eigenvalue weighted by Gasteiger charge is 2.23. The summed E-state index contributed by atoms with van der Waals surface area (Å²) < 4.78 is 0. The lowest BCUT2D eigenvalue weighted by molar-refractivity contribution is -0.135. The quantitative estimate of drug-likeness (QED) is 0.807. The average molecular weight is 274 g/mol. The monoisotopic (exact) mass is 274 g/mol. The smallest absolute Gasteiger partial charge is 0.325 e. The van der Waals surface area contributed by atoms with E-state index in [4.69, 9.17) is 11.5 Å². The molecule has 0 bridgehead atoms. The zero-order valence-corrected chi connectivity index (χ0v) is 11.5. The lowest BCUT2D eigenvalue weighted by Crippen LogP contribution is -2.46. The van der Waals surface area contributed by atoms with E-state index in [1.54, 1.807) is 30.3 Å². The van der Waals surface area contributed by atoms with Crippen LogP contribution in [0.5, 0.6) is 0 Å². The van der Waals surface area contributed by atoms with Crippen molar-refractivity contribution in [3.63, 3.8) is 0 Å². The fourth-order valence-electron chi connectivity index (χ4n) is 1.81. The first kappa shape index (κ1) is 15.6. The Hall–Kier alpha value is -2.48. The Morgan fingerprint density at radius 3 is 2.45 bits per heavy atom. The van der Waals surface area contributed by atoms with E-state index in [-0.39, 0.29) is 6.54 Å². The fourth-order valence-corrected chi connectivity index (χ4v) is 1.81. The minimum Gasteiger partial charge on any atom is -0.480 e. The third-order valence-corrected chi connectivity index (χ3v) is 2.64. The number of terminal acetylenes is 1. The van der Waals surface area contributed by atoms with Crippen LogP contribution in [-0.2, 0) is 4.79 Å². The predicted octanol–water partition coefficient (Wildman–Crippen LogP) is 2.04. The van der Waals surface area contributed by atoms with Crippen LogP contribution in [0.25, 0.3) is 0 Å². The number of hydrogen-bond acceptors (Lipinski definition) is 2. The molecule has 20 heavy (non-hydrogen) atoms. The van der Waals surface area contributed by atoms with Gasteiger partial charge in [-0.05, 0) is 18.6 Å². The molecule has 2 amide bonds. The maximum atomic E-state index is 12.5. The number of aliphatic carboxylic acids is 1. The standard InChI is InChI=1S/C15H18N2O3/c1-3-10-16(11-4-2)15(20)17(12-14(18)19)13-8-6-5-7-9-13/h1,5-9H,4,10-12H2,2H3,(H,18,19). The summed E-state index contributed by atoms with van der Waals surface area (Å²) in [5.74, 6) is 1.35. The number of carbonyl (C=O) groups is 2. The normalized spacial score (nSPS) is 9.60. The predicted molar refractivity (Wildman–Crippen MR) is 77.5 cm³/mol. The van der Waals surface area contributed by atoms with Gasteiger partial charge in [0.2, 0.25) is 0 Å². The molecule has 0 saturated heterocycles. The van der Waals surface area contributed by atoms with Gasteiger partial charge in [0.05, 0.1) is 6.54 Å². The van der Waals surface area contributed by atoms with Gasteiger partial charge in [-0.25, -0.2) is 4.79 Å². The van der Waals surface area contributed by atoms with E-state index in [0.29, 0.717) is 12.2 Å². The summed E-state index contributed by atoms with van der Waals surface area (Å²) in [4.78, 5) is 26.1. The zero-order chi connectivity index (χ0) is 15.0. The van der Waals surface area contributed by atoms with Crippen LogP contribution < -0.4 is 4.90 Å². The number of nitrogens with zero attached hydrogens (tertiary/aromatic N) is 2. The summed E-state index contributed by atoms with van der Waals surface area (Å²) in [5.41, 5.74) is 0.540. The summed E-state index contributed by atoms with van der Waals surface area (Å²) in [7, 11) is 0. The van der Waals surface area contributed by atoms with Crippen molar-refractivity contribution >= 4 is 17.7 Å². The first-order valence-electron chi connectivity index (χ1n) is 6.36. The highest BCUT2D eigenvalue weighted by molar-refractivity contribution is 5.96. The molecule has 0 aliphatic rings. The number of carboxylic acids is 1. The molecular weight excluding hydrogens is 256 g/mol. The SMILES string of the molecule is C#CCN(CCC)C(=O)N(CC(=O)O)c1ccccc1. The number of benzene rings is 1. The molecule has 1 aromatic rings. The summed E-state index contributed by atoms with van der Waals surface area (Å²) in [6.07, 6.45) is 6.01. The van der Waals surface area contributed by atoms with Crippen LogP contribution in [-0.4, -0.2) is 41.6 Å². The molecule has 1 rings (SSSR count). The Bertz CT molecular complexity index is 494. The van der Waals surface area contributed by atoms with Crippen LogP contribution in [0.2, 0.25) is 0 Å². The lowest BCUT2D eigenvalue weighted by Gasteiger charge is -2.28. The minimum atomic E-state index is -1.07. The highest BCUT2D eigenvalue weighted by atomic mass is 16.4. The molecule has 0 radical (unpaired) electrons. The third kappa shape index (κ3) is 4.32. The molecule has 0 aromatic heterocycles. The second kappa shape index (κ2) is 7.85. The van der Waals surface area contributed by atoms with Crippen molar-refractivity contribution in [3.8, 4) is 12.3 Å². The molecule has 0 spiro atoms. The van der Waals surface area contributed by atoms with Gasteiger partial charge in [0, 0.05) is 12.2 Å². The summed E-state index contributed by atoms with van der Waals surface area (Å²) >= 11 is 0. The van der Waals surface area contributed by atoms with E-state index in [0.717, 1.165) is 6.42 Å². The summed E-state index contributed by atoms with van der Waals surface area (Å²) in [6.45, 7) is 2.19. The lowest BCUT2D eigenvalue weighted by atomic mass is 10.3. The van der Waals surface area contributed by atoms with E-state index in [9.17, 15) is 9.59 Å². The zero-order valence-electron chi connectivity index (χ0n) is 11.5. The number of amides is 2. The Kier molecular flexibility index (Phi) is 6.11. The van der Waals surface area contributed by atoms with Gasteiger partial charge in [0.25, 0.3) is 0 Å². The largest absolute Gasteiger partial charge is 0.480 e.